The molecule has 0 bridgehead atoms. The molecule has 0 saturated carbocycles. The zero-order valence-corrected chi connectivity index (χ0v) is 11.5. The second-order valence-electron chi connectivity index (χ2n) is 4.48. The Hall–Kier alpha value is -2.14. The topological polar surface area (TPSA) is 58.6 Å². The minimum absolute atomic E-state index is 0.137. The summed E-state index contributed by atoms with van der Waals surface area (Å²) in [5.74, 6) is 0.561. The van der Waals surface area contributed by atoms with Crippen LogP contribution in [0.15, 0.2) is 36.0 Å². The van der Waals surface area contributed by atoms with Crippen LogP contribution in [-0.4, -0.2) is 50.3 Å². The molecule has 1 aliphatic heterocycles. The summed E-state index contributed by atoms with van der Waals surface area (Å²) in [6.07, 6.45) is 2.01. The van der Waals surface area contributed by atoms with Crippen LogP contribution in [0.2, 0.25) is 0 Å². The molecule has 1 fully saturated rings. The highest BCUT2D eigenvalue weighted by atomic mass is 16.5. The number of piperazine rings is 1. The molecule has 106 valence electrons. The molecule has 1 saturated heterocycles. The van der Waals surface area contributed by atoms with Crippen molar-refractivity contribution in [3.8, 4) is 5.75 Å². The highest BCUT2D eigenvalue weighted by molar-refractivity contribution is 6.09. The standard InChI is InChI=1S/C15H18N2O3/c1-20-13-4-2-12(3-5-13)15(19)14(6-11-18)17-9-7-16-8-10-17/h2-6,11,16H,7-10H2,1H3. The van der Waals surface area contributed by atoms with Crippen molar-refractivity contribution in [2.75, 3.05) is 33.3 Å². The first kappa shape index (κ1) is 14.3. The van der Waals surface area contributed by atoms with E-state index in [1.165, 1.54) is 6.08 Å². The molecule has 1 N–H and O–H groups in total. The Balaban J connectivity index is 2.21. The van der Waals surface area contributed by atoms with Gasteiger partial charge in [0.05, 0.1) is 12.8 Å². The maximum atomic E-state index is 12.5. The number of allylic oxidation sites excluding steroid dienone is 2. The number of hydrogen-bond acceptors (Lipinski definition) is 5. The number of ketones is 1. The quantitative estimate of drug-likeness (QED) is 0.490. The Morgan fingerprint density at radius 1 is 1.25 bits per heavy atom. The van der Waals surface area contributed by atoms with Crippen LogP contribution in [-0.2, 0) is 4.79 Å². The van der Waals surface area contributed by atoms with Crippen molar-refractivity contribution in [3.05, 3.63) is 41.6 Å². The van der Waals surface area contributed by atoms with E-state index in [0.29, 0.717) is 23.3 Å². The van der Waals surface area contributed by atoms with E-state index in [2.05, 4.69) is 5.32 Å². The average molecular weight is 274 g/mol. The number of ether oxygens (including phenoxy) is 1. The first-order valence-electron chi connectivity index (χ1n) is 6.56. The van der Waals surface area contributed by atoms with Gasteiger partial charge < -0.3 is 15.0 Å². The highest BCUT2D eigenvalue weighted by Crippen LogP contribution is 2.17. The van der Waals surface area contributed by atoms with Gasteiger partial charge in [0, 0.05) is 37.8 Å². The van der Waals surface area contributed by atoms with Crippen molar-refractivity contribution in [1.82, 2.24) is 10.2 Å². The Labute approximate surface area is 118 Å². The number of nitrogens with one attached hydrogen (secondary N) is 1. The summed E-state index contributed by atoms with van der Waals surface area (Å²) < 4.78 is 5.07. The fourth-order valence-corrected chi connectivity index (χ4v) is 2.19. The number of nitrogens with zero attached hydrogens (tertiary/aromatic N) is 1. The van der Waals surface area contributed by atoms with Gasteiger partial charge in [0.2, 0.25) is 5.78 Å². The lowest BCUT2D eigenvalue weighted by Crippen LogP contribution is -2.44. The Kier molecular flexibility index (Phi) is 4.90. The number of Topliss-reactive ketones (excluding diaryl/α,β-unsaturated/α-hetero) is 1. The second-order valence-corrected chi connectivity index (χ2v) is 4.48. The molecule has 1 aromatic carbocycles. The van der Waals surface area contributed by atoms with E-state index in [0.717, 1.165) is 26.2 Å². The fraction of sp³-hybridized carbons (Fsp3) is 0.333. The molecule has 0 aliphatic carbocycles. The van der Waals surface area contributed by atoms with Crippen LogP contribution >= 0.6 is 0 Å². The van der Waals surface area contributed by atoms with Gasteiger partial charge in [0.1, 0.15) is 12.0 Å². The van der Waals surface area contributed by atoms with E-state index in [4.69, 9.17) is 4.74 Å². The number of benzene rings is 1. The molecule has 1 aromatic rings. The van der Waals surface area contributed by atoms with Crippen molar-refractivity contribution < 1.29 is 14.3 Å². The molecular weight excluding hydrogens is 256 g/mol. The largest absolute Gasteiger partial charge is 0.497 e. The van der Waals surface area contributed by atoms with Crippen LogP contribution in [0.1, 0.15) is 10.4 Å². The van der Waals surface area contributed by atoms with Crippen LogP contribution < -0.4 is 10.1 Å². The van der Waals surface area contributed by atoms with E-state index in [1.54, 1.807) is 31.4 Å². The van der Waals surface area contributed by atoms with Gasteiger partial charge in [-0.2, -0.15) is 0 Å². The predicted octanol–water partition coefficient (Wildman–Crippen LogP) is 0.866. The lowest BCUT2D eigenvalue weighted by molar-refractivity contribution is -0.104. The number of hydrogen-bond donors (Lipinski definition) is 1. The van der Waals surface area contributed by atoms with Crippen molar-refractivity contribution >= 4 is 12.1 Å². The minimum atomic E-state index is -0.137. The molecule has 0 aromatic heterocycles. The molecular formula is C15H18N2O3. The van der Waals surface area contributed by atoms with Crippen molar-refractivity contribution in [2.24, 2.45) is 0 Å². The van der Waals surface area contributed by atoms with Crippen LogP contribution in [0, 0.1) is 0 Å². The van der Waals surface area contributed by atoms with Crippen LogP contribution in [0.25, 0.3) is 0 Å². The number of rotatable bonds is 5. The third kappa shape index (κ3) is 3.24. The van der Waals surface area contributed by atoms with Gasteiger partial charge in [-0.1, -0.05) is 0 Å². The van der Waals surface area contributed by atoms with Gasteiger partial charge in [-0.3, -0.25) is 9.59 Å². The molecule has 0 atom stereocenters. The summed E-state index contributed by atoms with van der Waals surface area (Å²) in [6.45, 7) is 3.07. The molecule has 1 aliphatic rings. The minimum Gasteiger partial charge on any atom is -0.497 e. The first-order valence-corrected chi connectivity index (χ1v) is 6.56. The second kappa shape index (κ2) is 6.86. The normalized spacial score (nSPS) is 15.8. The average Bonchev–Trinajstić information content (AvgIpc) is 2.53. The van der Waals surface area contributed by atoms with Crippen molar-refractivity contribution in [3.63, 3.8) is 0 Å². The molecule has 20 heavy (non-hydrogen) atoms. The molecule has 5 heteroatoms. The fourth-order valence-electron chi connectivity index (χ4n) is 2.19. The molecule has 0 amide bonds. The van der Waals surface area contributed by atoms with E-state index in [-0.39, 0.29) is 5.78 Å². The van der Waals surface area contributed by atoms with E-state index in [9.17, 15) is 9.59 Å². The zero-order chi connectivity index (χ0) is 14.4. The van der Waals surface area contributed by atoms with Crippen molar-refractivity contribution in [1.29, 1.82) is 0 Å². The Morgan fingerprint density at radius 3 is 2.45 bits per heavy atom. The Morgan fingerprint density at radius 2 is 1.90 bits per heavy atom. The summed E-state index contributed by atoms with van der Waals surface area (Å²) in [4.78, 5) is 25.2. The zero-order valence-electron chi connectivity index (χ0n) is 11.5. The third-order valence-electron chi connectivity index (χ3n) is 3.27. The van der Waals surface area contributed by atoms with Crippen LogP contribution in [0.5, 0.6) is 5.75 Å². The molecule has 1 heterocycles. The predicted molar refractivity (Wildman–Crippen MR) is 75.9 cm³/mol. The van der Waals surface area contributed by atoms with Gasteiger partial charge in [-0.25, -0.2) is 0 Å². The Bertz CT molecular complexity index is 502. The lowest BCUT2D eigenvalue weighted by Gasteiger charge is -2.30. The maximum Gasteiger partial charge on any atom is 0.209 e. The monoisotopic (exact) mass is 274 g/mol. The highest BCUT2D eigenvalue weighted by Gasteiger charge is 2.20. The van der Waals surface area contributed by atoms with E-state index in [1.807, 2.05) is 4.90 Å². The lowest BCUT2D eigenvalue weighted by atomic mass is 10.1. The molecule has 0 unspecified atom stereocenters. The van der Waals surface area contributed by atoms with Crippen LogP contribution in [0.4, 0.5) is 0 Å². The summed E-state index contributed by atoms with van der Waals surface area (Å²) >= 11 is 0. The summed E-state index contributed by atoms with van der Waals surface area (Å²) in [5.41, 5.74) is 1.00. The van der Waals surface area contributed by atoms with Gasteiger partial charge in [-0.05, 0) is 24.3 Å². The van der Waals surface area contributed by atoms with Crippen molar-refractivity contribution in [2.45, 2.75) is 0 Å². The van der Waals surface area contributed by atoms with Gasteiger partial charge in [0.25, 0.3) is 0 Å². The summed E-state index contributed by atoms with van der Waals surface area (Å²) in [7, 11) is 1.58. The SMILES string of the molecule is COc1ccc(C(=O)C(=CC=O)N2CCNCC2)cc1. The molecule has 2 rings (SSSR count). The molecule has 0 spiro atoms. The van der Waals surface area contributed by atoms with E-state index >= 15 is 0 Å². The summed E-state index contributed by atoms with van der Waals surface area (Å²) in [5, 5.41) is 3.22. The third-order valence-corrected chi connectivity index (χ3v) is 3.27. The number of aldehydes is 1. The maximum absolute atomic E-state index is 12.5. The smallest absolute Gasteiger partial charge is 0.209 e. The molecule has 0 radical (unpaired) electrons. The van der Waals surface area contributed by atoms with E-state index < -0.39 is 0 Å². The number of carbonyl (C=O) groups is 2. The van der Waals surface area contributed by atoms with Crippen LogP contribution in [0.3, 0.4) is 0 Å². The number of carbonyl (C=O) groups excluding carboxylic acids is 2. The van der Waals surface area contributed by atoms with Gasteiger partial charge >= 0.3 is 0 Å². The first-order chi connectivity index (χ1) is 9.76. The number of methoxy groups -OCH3 is 1. The molecule has 5 nitrogen and oxygen atoms in total. The van der Waals surface area contributed by atoms with Gasteiger partial charge in [0.15, 0.2) is 0 Å². The summed E-state index contributed by atoms with van der Waals surface area (Å²) in [6, 6.07) is 6.90. The van der Waals surface area contributed by atoms with Gasteiger partial charge in [-0.15, -0.1) is 0 Å².